The molecular weight excluding hydrogens is 292 g/mol. The molecule has 0 bridgehead atoms. The van der Waals surface area contributed by atoms with Gasteiger partial charge in [0.25, 0.3) is 0 Å². The molecule has 20 heavy (non-hydrogen) atoms. The molecule has 2 unspecified atom stereocenters. The molecule has 0 radical (unpaired) electrons. The molecule has 0 saturated carbocycles. The third-order valence-corrected chi connectivity index (χ3v) is 4.57. The molecule has 0 heterocycles. The summed E-state index contributed by atoms with van der Waals surface area (Å²) in [7, 11) is -0.449. The van der Waals surface area contributed by atoms with Crippen LogP contribution in [0.5, 0.6) is 0 Å². The van der Waals surface area contributed by atoms with Gasteiger partial charge in [0.05, 0.1) is 22.0 Å². The van der Waals surface area contributed by atoms with Crippen LogP contribution in [0.1, 0.15) is 19.8 Å². The van der Waals surface area contributed by atoms with Crippen LogP contribution in [0.25, 0.3) is 0 Å². The van der Waals surface area contributed by atoms with Crippen molar-refractivity contribution in [2.45, 2.75) is 25.8 Å². The Kier molecular flexibility index (Phi) is 4.70. The average molecular weight is 308 g/mol. The first-order valence-electron chi connectivity index (χ1n) is 6.39. The summed E-state index contributed by atoms with van der Waals surface area (Å²) in [6, 6.07) is -0.0706. The van der Waals surface area contributed by atoms with Crippen LogP contribution in [0.4, 0.5) is 0 Å². The highest BCUT2D eigenvalue weighted by Crippen LogP contribution is 2.35. The monoisotopic (exact) mass is 308 g/mol. The second kappa shape index (κ2) is 6.31. The highest BCUT2D eigenvalue weighted by molar-refractivity contribution is 7.78. The summed E-state index contributed by atoms with van der Waals surface area (Å²) in [5, 5.41) is 5.55. The standard InChI is InChI=1S/C14H16N2O2S2/c1-9-6-7-12(20(17)18)13(14(9)15-2)10-4-3-5-11(10)16-8-19/h4,6-7,11,13,15H,3,5H2,1-2H3. The van der Waals surface area contributed by atoms with Gasteiger partial charge in [-0.3, -0.25) is 0 Å². The van der Waals surface area contributed by atoms with Crippen LogP contribution >= 0.6 is 12.2 Å². The maximum Gasteiger partial charge on any atom is 0.218 e. The molecule has 0 aromatic heterocycles. The predicted molar refractivity (Wildman–Crippen MR) is 84.4 cm³/mol. The van der Waals surface area contributed by atoms with Crippen LogP contribution < -0.4 is 5.32 Å². The number of nitrogens with zero attached hydrogens (tertiary/aromatic N) is 1. The maximum absolute atomic E-state index is 11.5. The number of nitrogens with one attached hydrogen (secondary N) is 1. The van der Waals surface area contributed by atoms with Crippen molar-refractivity contribution in [2.24, 2.45) is 10.9 Å². The molecule has 2 atom stereocenters. The van der Waals surface area contributed by atoms with E-state index in [4.69, 9.17) is 12.2 Å². The van der Waals surface area contributed by atoms with Gasteiger partial charge in [-0.1, -0.05) is 12.2 Å². The van der Waals surface area contributed by atoms with Gasteiger partial charge >= 0.3 is 0 Å². The number of hydrogen-bond acceptors (Lipinski definition) is 5. The lowest BCUT2D eigenvalue weighted by molar-refractivity contribution is 0.625. The zero-order chi connectivity index (χ0) is 14.7. The normalized spacial score (nSPS) is 25.3. The van der Waals surface area contributed by atoms with E-state index in [0.717, 1.165) is 29.7 Å². The van der Waals surface area contributed by atoms with E-state index in [1.54, 1.807) is 6.08 Å². The van der Waals surface area contributed by atoms with Crippen molar-refractivity contribution < 1.29 is 8.42 Å². The zero-order valence-electron chi connectivity index (χ0n) is 11.4. The minimum atomic E-state index is -2.26. The van der Waals surface area contributed by atoms with Crippen LogP contribution in [0, 0.1) is 5.92 Å². The van der Waals surface area contributed by atoms with Gasteiger partial charge in [0.15, 0.2) is 0 Å². The molecule has 0 aromatic rings. The minimum Gasteiger partial charge on any atom is -0.390 e. The highest BCUT2D eigenvalue weighted by atomic mass is 32.2. The predicted octanol–water partition coefficient (Wildman–Crippen LogP) is 1.91. The largest absolute Gasteiger partial charge is 0.390 e. The lowest BCUT2D eigenvalue weighted by Crippen LogP contribution is -2.31. The first kappa shape index (κ1) is 14.9. The lowest BCUT2D eigenvalue weighted by atomic mass is 9.84. The van der Waals surface area contributed by atoms with Crippen molar-refractivity contribution >= 4 is 32.5 Å². The second-order valence-electron chi connectivity index (χ2n) is 4.77. The molecule has 0 fully saturated rings. The summed E-state index contributed by atoms with van der Waals surface area (Å²) in [6.07, 6.45) is 7.30. The van der Waals surface area contributed by atoms with Gasteiger partial charge in [0.2, 0.25) is 10.3 Å². The fourth-order valence-electron chi connectivity index (χ4n) is 2.81. The molecule has 0 aromatic carbocycles. The second-order valence-corrected chi connectivity index (χ2v) is 5.89. The zero-order valence-corrected chi connectivity index (χ0v) is 13.0. The summed E-state index contributed by atoms with van der Waals surface area (Å²) in [5.41, 5.74) is 2.93. The molecule has 2 rings (SSSR count). The summed E-state index contributed by atoms with van der Waals surface area (Å²) in [5.74, 6) is -0.289. The van der Waals surface area contributed by atoms with Gasteiger partial charge in [-0.2, -0.15) is 8.42 Å². The van der Waals surface area contributed by atoms with Crippen LogP contribution in [0.2, 0.25) is 0 Å². The Morgan fingerprint density at radius 3 is 2.80 bits per heavy atom. The van der Waals surface area contributed by atoms with E-state index >= 15 is 0 Å². The minimum absolute atomic E-state index is 0.0706. The topological polar surface area (TPSA) is 58.5 Å². The van der Waals surface area contributed by atoms with Gasteiger partial charge in [0, 0.05) is 12.7 Å². The molecule has 2 aliphatic carbocycles. The Labute approximate surface area is 125 Å². The molecule has 0 aliphatic heterocycles. The molecule has 0 saturated heterocycles. The van der Waals surface area contributed by atoms with Crippen molar-refractivity contribution in [1.29, 1.82) is 0 Å². The van der Waals surface area contributed by atoms with E-state index in [1.807, 2.05) is 20.0 Å². The Hall–Kier alpha value is -1.49. The molecule has 2 aliphatic rings. The third-order valence-electron chi connectivity index (χ3n) is 3.70. The van der Waals surface area contributed by atoms with Crippen molar-refractivity contribution in [1.82, 2.24) is 5.32 Å². The van der Waals surface area contributed by atoms with Crippen molar-refractivity contribution in [3.63, 3.8) is 0 Å². The molecule has 4 nitrogen and oxygen atoms in total. The van der Waals surface area contributed by atoms with E-state index in [0.29, 0.717) is 4.86 Å². The van der Waals surface area contributed by atoms with E-state index in [1.165, 1.54) is 0 Å². The quantitative estimate of drug-likeness (QED) is 0.491. The number of aliphatic imine (C=N–C) groups is 1. The van der Waals surface area contributed by atoms with E-state index in [-0.39, 0.29) is 12.0 Å². The smallest absolute Gasteiger partial charge is 0.218 e. The van der Waals surface area contributed by atoms with E-state index in [2.05, 4.69) is 21.5 Å². The molecule has 1 N–H and O–H groups in total. The van der Waals surface area contributed by atoms with Gasteiger partial charge in [0.1, 0.15) is 0 Å². The van der Waals surface area contributed by atoms with Gasteiger partial charge < -0.3 is 5.32 Å². The molecule has 6 heteroatoms. The average Bonchev–Trinajstić information content (AvgIpc) is 2.86. The summed E-state index contributed by atoms with van der Waals surface area (Å²) < 4.78 is 23.0. The van der Waals surface area contributed by atoms with Crippen LogP contribution in [0.3, 0.4) is 0 Å². The van der Waals surface area contributed by atoms with Crippen LogP contribution in [0.15, 0.2) is 40.1 Å². The Bertz CT molecular complexity index is 685. The Balaban J connectivity index is 2.58. The summed E-state index contributed by atoms with van der Waals surface area (Å²) in [4.78, 5) is 4.55. The third kappa shape index (κ3) is 2.68. The first-order valence-corrected chi connectivity index (χ1v) is 7.88. The number of isothiocyanates is 1. The number of thiocarbonyl (C=S) groups is 1. The lowest BCUT2D eigenvalue weighted by Gasteiger charge is -2.27. The molecule has 0 spiro atoms. The summed E-state index contributed by atoms with van der Waals surface area (Å²) >= 11 is 4.69. The fraction of sp³-hybridized carbons (Fsp3) is 0.429. The Morgan fingerprint density at radius 1 is 1.45 bits per heavy atom. The van der Waals surface area contributed by atoms with E-state index < -0.39 is 10.3 Å². The fourth-order valence-corrected chi connectivity index (χ4v) is 3.56. The van der Waals surface area contributed by atoms with Gasteiger partial charge in [-0.05, 0) is 49.2 Å². The number of allylic oxidation sites excluding steroid dienone is 5. The molecule has 106 valence electrons. The van der Waals surface area contributed by atoms with Gasteiger partial charge in [-0.25, -0.2) is 4.99 Å². The van der Waals surface area contributed by atoms with Crippen LogP contribution in [-0.4, -0.2) is 31.5 Å². The number of hydrogen-bond donors (Lipinski definition) is 1. The maximum atomic E-state index is 11.5. The van der Waals surface area contributed by atoms with Crippen molar-refractivity contribution in [2.75, 3.05) is 7.05 Å². The summed E-state index contributed by atoms with van der Waals surface area (Å²) in [6.45, 7) is 1.97. The SMILES string of the molecule is CNC1=C(C)C=CC(=S(=O)=O)C1C1=CCCC1N=C=S. The highest BCUT2D eigenvalue weighted by Gasteiger charge is 2.33. The van der Waals surface area contributed by atoms with E-state index in [9.17, 15) is 8.42 Å². The van der Waals surface area contributed by atoms with Gasteiger partial charge in [-0.15, -0.1) is 0 Å². The van der Waals surface area contributed by atoms with Crippen molar-refractivity contribution in [3.8, 4) is 0 Å². The van der Waals surface area contributed by atoms with Crippen molar-refractivity contribution in [3.05, 3.63) is 35.1 Å². The first-order chi connectivity index (χ1) is 9.60. The van der Waals surface area contributed by atoms with Crippen LogP contribution in [-0.2, 0) is 10.3 Å². The Morgan fingerprint density at radius 2 is 2.20 bits per heavy atom. The molecular formula is C14H16N2O2S2. The number of rotatable bonds is 3. The molecule has 0 amide bonds.